The minimum atomic E-state index is -3.91. The molecule has 3 atom stereocenters. The molecule has 1 aliphatic heterocycles. The van der Waals surface area contributed by atoms with Crippen LogP contribution in [0.5, 0.6) is 5.75 Å². The van der Waals surface area contributed by atoms with Gasteiger partial charge in [-0.1, -0.05) is 19.1 Å². The number of fused-ring (bicyclic) bond motifs is 1. The molecule has 2 aromatic rings. The van der Waals surface area contributed by atoms with Crippen LogP contribution in [-0.4, -0.2) is 72.5 Å². The number of sulfonamides is 1. The van der Waals surface area contributed by atoms with E-state index in [0.717, 1.165) is 24.0 Å². The summed E-state index contributed by atoms with van der Waals surface area (Å²) < 4.78 is 34.8. The SMILES string of the molecule is C[C@@H]1CN([C@H](C)CO)S(=O)(=O)c2ccc(-c3cccnc3)cc2O[C@H]1CN(C)C(=O)C1CC1. The zero-order valence-corrected chi connectivity index (χ0v) is 20.0. The first-order valence-electron chi connectivity index (χ1n) is 11.3. The number of carbonyl (C=O) groups excluding carboxylic acids is 1. The highest BCUT2D eigenvalue weighted by Gasteiger charge is 2.39. The summed E-state index contributed by atoms with van der Waals surface area (Å²) in [6.45, 7) is 3.86. The van der Waals surface area contributed by atoms with Crippen molar-refractivity contribution < 1.29 is 23.1 Å². The van der Waals surface area contributed by atoms with Gasteiger partial charge >= 0.3 is 0 Å². The molecule has 2 heterocycles. The van der Waals surface area contributed by atoms with Crippen molar-refractivity contribution in [2.45, 2.75) is 43.7 Å². The van der Waals surface area contributed by atoms with Crippen LogP contribution < -0.4 is 4.74 Å². The van der Waals surface area contributed by atoms with Crippen LogP contribution in [0.4, 0.5) is 0 Å². The van der Waals surface area contributed by atoms with Crippen LogP contribution >= 0.6 is 0 Å². The van der Waals surface area contributed by atoms with Crippen LogP contribution in [-0.2, 0) is 14.8 Å². The van der Waals surface area contributed by atoms with E-state index in [9.17, 15) is 18.3 Å². The Balaban J connectivity index is 1.76. The predicted molar refractivity (Wildman–Crippen MR) is 124 cm³/mol. The number of likely N-dealkylation sites (N-methyl/N-ethyl adjacent to an activating group) is 1. The normalized spacial score (nSPS) is 23.5. The second-order valence-corrected chi connectivity index (χ2v) is 11.0. The molecular weight excluding hydrogens is 442 g/mol. The number of benzene rings is 1. The maximum absolute atomic E-state index is 13.6. The molecule has 0 unspecified atom stereocenters. The molecule has 8 nitrogen and oxygen atoms in total. The van der Waals surface area contributed by atoms with Gasteiger partial charge in [-0.05, 0) is 43.5 Å². The van der Waals surface area contributed by atoms with E-state index in [1.54, 1.807) is 49.5 Å². The summed E-state index contributed by atoms with van der Waals surface area (Å²) >= 11 is 0. The fraction of sp³-hybridized carbons (Fsp3) is 0.500. The highest BCUT2D eigenvalue weighted by atomic mass is 32.2. The van der Waals surface area contributed by atoms with E-state index < -0.39 is 22.2 Å². The minimum absolute atomic E-state index is 0.0588. The van der Waals surface area contributed by atoms with Gasteiger partial charge in [0.15, 0.2) is 0 Å². The van der Waals surface area contributed by atoms with Gasteiger partial charge in [0.25, 0.3) is 0 Å². The first kappa shape index (κ1) is 23.7. The van der Waals surface area contributed by atoms with Crippen LogP contribution in [0.2, 0.25) is 0 Å². The average molecular weight is 474 g/mol. The lowest BCUT2D eigenvalue weighted by atomic mass is 10.0. The zero-order valence-electron chi connectivity index (χ0n) is 19.2. The van der Waals surface area contributed by atoms with Crippen LogP contribution in [0.1, 0.15) is 26.7 Å². The molecule has 1 aromatic carbocycles. The third-order valence-electron chi connectivity index (χ3n) is 6.42. The van der Waals surface area contributed by atoms with Gasteiger partial charge < -0.3 is 14.7 Å². The number of hydrogen-bond acceptors (Lipinski definition) is 6. The number of pyridine rings is 1. The Hall–Kier alpha value is -2.49. The number of amides is 1. The fourth-order valence-electron chi connectivity index (χ4n) is 4.16. The first-order chi connectivity index (χ1) is 15.7. The van der Waals surface area contributed by atoms with Crippen LogP contribution in [0.3, 0.4) is 0 Å². The van der Waals surface area contributed by atoms with Gasteiger partial charge in [0.05, 0.1) is 13.2 Å². The van der Waals surface area contributed by atoms with Gasteiger partial charge in [0, 0.05) is 49.4 Å². The third kappa shape index (κ3) is 4.90. The third-order valence-corrected chi connectivity index (χ3v) is 8.44. The quantitative estimate of drug-likeness (QED) is 0.692. The molecule has 9 heteroatoms. The summed E-state index contributed by atoms with van der Waals surface area (Å²) in [4.78, 5) is 18.5. The number of hydrogen-bond donors (Lipinski definition) is 1. The maximum atomic E-state index is 13.6. The van der Waals surface area contributed by atoms with Crippen LogP contribution in [0.25, 0.3) is 11.1 Å². The Morgan fingerprint density at radius 3 is 2.70 bits per heavy atom. The molecule has 1 N–H and O–H groups in total. The van der Waals surface area contributed by atoms with Gasteiger partial charge in [0.2, 0.25) is 15.9 Å². The molecule has 1 amide bonds. The molecule has 1 fully saturated rings. The standard InChI is InChI=1S/C24H31N3O5S/c1-16-13-27(17(2)15-28)33(30,31)23-9-8-19(20-5-4-10-25-12-20)11-21(23)32-22(16)14-26(3)24(29)18-6-7-18/h4-5,8-12,16-18,22,28H,6-7,13-15H2,1-3H3/t16-,17-,22+/m1/s1. The molecule has 0 bridgehead atoms. The fourth-order valence-corrected chi connectivity index (χ4v) is 5.98. The summed E-state index contributed by atoms with van der Waals surface area (Å²) in [6.07, 6.45) is 4.81. The largest absolute Gasteiger partial charge is 0.487 e. The summed E-state index contributed by atoms with van der Waals surface area (Å²) in [7, 11) is -2.13. The highest BCUT2D eigenvalue weighted by Crippen LogP contribution is 2.37. The Bertz CT molecular complexity index is 1100. The van der Waals surface area contributed by atoms with E-state index in [0.29, 0.717) is 6.54 Å². The van der Waals surface area contributed by atoms with Crippen molar-refractivity contribution in [2.24, 2.45) is 11.8 Å². The van der Waals surface area contributed by atoms with Gasteiger partial charge in [-0.3, -0.25) is 9.78 Å². The molecule has 0 spiro atoms. The van der Waals surface area contributed by atoms with Gasteiger partial charge in [-0.25, -0.2) is 8.42 Å². The minimum Gasteiger partial charge on any atom is -0.487 e. The second kappa shape index (κ2) is 9.40. The predicted octanol–water partition coefficient (Wildman–Crippen LogP) is 2.39. The zero-order chi connectivity index (χ0) is 23.8. The van der Waals surface area contributed by atoms with E-state index in [4.69, 9.17) is 4.74 Å². The molecule has 178 valence electrons. The van der Waals surface area contributed by atoms with Crippen molar-refractivity contribution >= 4 is 15.9 Å². The molecule has 0 saturated heterocycles. The van der Waals surface area contributed by atoms with Crippen molar-refractivity contribution in [3.05, 3.63) is 42.7 Å². The van der Waals surface area contributed by atoms with E-state index in [-0.39, 0.29) is 41.5 Å². The van der Waals surface area contributed by atoms with E-state index >= 15 is 0 Å². The lowest BCUT2D eigenvalue weighted by Gasteiger charge is -2.37. The van der Waals surface area contributed by atoms with Crippen molar-refractivity contribution in [1.29, 1.82) is 0 Å². The smallest absolute Gasteiger partial charge is 0.247 e. The molecule has 1 saturated carbocycles. The first-order valence-corrected chi connectivity index (χ1v) is 12.7. The topological polar surface area (TPSA) is 100 Å². The molecule has 1 aliphatic carbocycles. The number of ether oxygens (including phenoxy) is 1. The van der Waals surface area contributed by atoms with Crippen molar-refractivity contribution in [3.8, 4) is 16.9 Å². The van der Waals surface area contributed by atoms with Crippen molar-refractivity contribution in [2.75, 3.05) is 26.7 Å². The van der Waals surface area contributed by atoms with Crippen LogP contribution in [0.15, 0.2) is 47.6 Å². The van der Waals surface area contributed by atoms with Gasteiger partial charge in [-0.15, -0.1) is 0 Å². The Kier molecular flexibility index (Phi) is 6.74. The number of aromatic nitrogens is 1. The maximum Gasteiger partial charge on any atom is 0.247 e. The number of carbonyl (C=O) groups is 1. The van der Waals surface area contributed by atoms with Crippen molar-refractivity contribution in [1.82, 2.24) is 14.2 Å². The summed E-state index contributed by atoms with van der Waals surface area (Å²) in [5.41, 5.74) is 1.63. The monoisotopic (exact) mass is 473 g/mol. The Morgan fingerprint density at radius 1 is 1.30 bits per heavy atom. The molecular formula is C24H31N3O5S. The highest BCUT2D eigenvalue weighted by molar-refractivity contribution is 7.89. The van der Waals surface area contributed by atoms with Gasteiger partial charge in [0.1, 0.15) is 16.7 Å². The number of rotatable bonds is 6. The number of aliphatic hydroxyl groups excluding tert-OH is 1. The van der Waals surface area contributed by atoms with E-state index in [1.807, 2.05) is 19.1 Å². The summed E-state index contributed by atoms with van der Waals surface area (Å²) in [5, 5.41) is 9.76. The average Bonchev–Trinajstić information content (AvgIpc) is 3.66. The van der Waals surface area contributed by atoms with Crippen LogP contribution in [0, 0.1) is 11.8 Å². The van der Waals surface area contributed by atoms with Gasteiger partial charge in [-0.2, -0.15) is 4.31 Å². The summed E-state index contributed by atoms with van der Waals surface area (Å²) in [6, 6.07) is 8.14. The van der Waals surface area contributed by atoms with E-state index in [2.05, 4.69) is 4.98 Å². The molecule has 2 aliphatic rings. The molecule has 1 aromatic heterocycles. The lowest BCUT2D eigenvalue weighted by Crippen LogP contribution is -2.50. The Labute approximate surface area is 195 Å². The molecule has 4 rings (SSSR count). The van der Waals surface area contributed by atoms with Crippen molar-refractivity contribution in [3.63, 3.8) is 0 Å². The second-order valence-electron chi connectivity index (χ2n) is 9.14. The molecule has 0 radical (unpaired) electrons. The number of aliphatic hydroxyl groups is 1. The lowest BCUT2D eigenvalue weighted by molar-refractivity contribution is -0.132. The Morgan fingerprint density at radius 2 is 2.06 bits per heavy atom. The summed E-state index contributed by atoms with van der Waals surface area (Å²) in [5.74, 6) is 0.230. The number of nitrogens with zero attached hydrogens (tertiary/aromatic N) is 3. The molecule has 33 heavy (non-hydrogen) atoms. The van der Waals surface area contributed by atoms with E-state index in [1.165, 1.54) is 4.31 Å².